The SMILES string of the molecule is CCOC(=O)c1c(NC(=O)COC(=O)Cc2ccc(F)cc2)sc2c1CCCC2. The third kappa shape index (κ3) is 5.41. The van der Waals surface area contributed by atoms with Gasteiger partial charge in [-0.25, -0.2) is 9.18 Å². The molecule has 1 N–H and O–H groups in total. The molecule has 1 aromatic heterocycles. The van der Waals surface area contributed by atoms with Gasteiger partial charge in [0.15, 0.2) is 6.61 Å². The highest BCUT2D eigenvalue weighted by Crippen LogP contribution is 2.38. The van der Waals surface area contributed by atoms with Crippen LogP contribution in [0.4, 0.5) is 9.39 Å². The number of carbonyl (C=O) groups excluding carboxylic acids is 3. The van der Waals surface area contributed by atoms with Gasteiger partial charge in [-0.05, 0) is 55.9 Å². The minimum absolute atomic E-state index is 0.0606. The zero-order valence-corrected chi connectivity index (χ0v) is 16.9. The van der Waals surface area contributed by atoms with Crippen molar-refractivity contribution in [3.63, 3.8) is 0 Å². The Morgan fingerprint density at radius 3 is 2.55 bits per heavy atom. The molecule has 1 aromatic carbocycles. The van der Waals surface area contributed by atoms with Gasteiger partial charge in [0.2, 0.25) is 0 Å². The molecule has 1 heterocycles. The van der Waals surface area contributed by atoms with E-state index < -0.39 is 30.3 Å². The maximum absolute atomic E-state index is 12.9. The van der Waals surface area contributed by atoms with Gasteiger partial charge >= 0.3 is 11.9 Å². The van der Waals surface area contributed by atoms with Gasteiger partial charge in [0, 0.05) is 4.88 Å². The fourth-order valence-electron chi connectivity index (χ4n) is 3.20. The van der Waals surface area contributed by atoms with Crippen LogP contribution >= 0.6 is 11.3 Å². The number of nitrogens with one attached hydrogen (secondary N) is 1. The number of thiophene rings is 1. The third-order valence-corrected chi connectivity index (χ3v) is 5.74. The average Bonchev–Trinajstić information content (AvgIpc) is 3.06. The van der Waals surface area contributed by atoms with Crippen LogP contribution < -0.4 is 5.32 Å². The molecule has 2 aromatic rings. The molecular formula is C21H22FNO5S. The second-order valence-electron chi connectivity index (χ2n) is 6.65. The Kier molecular flexibility index (Phi) is 6.98. The van der Waals surface area contributed by atoms with E-state index in [4.69, 9.17) is 9.47 Å². The van der Waals surface area contributed by atoms with E-state index in [-0.39, 0.29) is 13.0 Å². The predicted molar refractivity (Wildman–Crippen MR) is 107 cm³/mol. The first-order valence-corrected chi connectivity index (χ1v) is 10.3. The summed E-state index contributed by atoms with van der Waals surface area (Å²) in [6.07, 6.45) is 3.63. The smallest absolute Gasteiger partial charge is 0.341 e. The fourth-order valence-corrected chi connectivity index (χ4v) is 4.50. The number of carbonyl (C=O) groups is 3. The van der Waals surface area contributed by atoms with Crippen LogP contribution in [0, 0.1) is 5.82 Å². The van der Waals surface area contributed by atoms with Crippen LogP contribution in [0.3, 0.4) is 0 Å². The summed E-state index contributed by atoms with van der Waals surface area (Å²) in [7, 11) is 0. The topological polar surface area (TPSA) is 81.7 Å². The Bertz CT molecular complexity index is 907. The quantitative estimate of drug-likeness (QED) is 0.693. The van der Waals surface area contributed by atoms with Crippen LogP contribution in [0.15, 0.2) is 24.3 Å². The molecule has 0 fully saturated rings. The van der Waals surface area contributed by atoms with Crippen molar-refractivity contribution in [3.8, 4) is 0 Å². The van der Waals surface area contributed by atoms with Gasteiger partial charge in [-0.15, -0.1) is 11.3 Å². The second kappa shape index (κ2) is 9.65. The maximum Gasteiger partial charge on any atom is 0.341 e. The minimum atomic E-state index is -0.595. The summed E-state index contributed by atoms with van der Waals surface area (Å²) in [6.45, 7) is 1.51. The lowest BCUT2D eigenvalue weighted by atomic mass is 9.95. The highest BCUT2D eigenvalue weighted by atomic mass is 32.1. The molecule has 0 unspecified atom stereocenters. The summed E-state index contributed by atoms with van der Waals surface area (Å²) in [5.74, 6) is -1.96. The van der Waals surface area contributed by atoms with Gasteiger partial charge in [-0.3, -0.25) is 9.59 Å². The lowest BCUT2D eigenvalue weighted by Crippen LogP contribution is -2.22. The number of rotatable bonds is 7. The van der Waals surface area contributed by atoms with Crippen LogP contribution in [0.5, 0.6) is 0 Å². The summed E-state index contributed by atoms with van der Waals surface area (Å²) in [5, 5.41) is 3.13. The first-order chi connectivity index (χ1) is 14.0. The van der Waals surface area contributed by atoms with Crippen molar-refractivity contribution in [2.24, 2.45) is 0 Å². The van der Waals surface area contributed by atoms with Gasteiger partial charge in [-0.2, -0.15) is 0 Å². The van der Waals surface area contributed by atoms with Crippen molar-refractivity contribution in [1.29, 1.82) is 0 Å². The molecule has 29 heavy (non-hydrogen) atoms. The maximum atomic E-state index is 12.9. The number of aryl methyl sites for hydroxylation is 1. The van der Waals surface area contributed by atoms with E-state index in [1.165, 1.54) is 35.6 Å². The van der Waals surface area contributed by atoms with Crippen LogP contribution in [0.2, 0.25) is 0 Å². The van der Waals surface area contributed by atoms with Gasteiger partial charge in [-0.1, -0.05) is 12.1 Å². The summed E-state index contributed by atoms with van der Waals surface area (Å²) in [4.78, 5) is 37.7. The molecule has 1 aliphatic rings. The molecule has 1 aliphatic carbocycles. The highest BCUT2D eigenvalue weighted by molar-refractivity contribution is 7.17. The van der Waals surface area contributed by atoms with Gasteiger partial charge in [0.25, 0.3) is 5.91 Å². The predicted octanol–water partition coefficient (Wildman–Crippen LogP) is 3.67. The molecule has 0 bridgehead atoms. The monoisotopic (exact) mass is 419 g/mol. The summed E-state index contributed by atoms with van der Waals surface area (Å²) in [6, 6.07) is 5.48. The molecule has 8 heteroatoms. The number of halogens is 1. The molecule has 1 amide bonds. The van der Waals surface area contributed by atoms with E-state index in [9.17, 15) is 18.8 Å². The number of anilines is 1. The standard InChI is InChI=1S/C21H22FNO5S/c1-2-27-21(26)19-15-5-3-4-6-16(15)29-20(19)23-17(24)12-28-18(25)11-13-7-9-14(22)10-8-13/h7-10H,2-6,11-12H2,1H3,(H,23,24). The number of ether oxygens (including phenoxy) is 2. The van der Waals surface area contributed by atoms with E-state index in [0.717, 1.165) is 36.1 Å². The molecule has 6 nitrogen and oxygen atoms in total. The number of fused-ring (bicyclic) bond motifs is 1. The van der Waals surface area contributed by atoms with Crippen molar-refractivity contribution >= 4 is 34.2 Å². The van der Waals surface area contributed by atoms with Gasteiger partial charge in [0.05, 0.1) is 18.6 Å². The van der Waals surface area contributed by atoms with Crippen LogP contribution in [-0.2, 0) is 38.3 Å². The molecule has 0 radical (unpaired) electrons. The molecule has 154 valence electrons. The van der Waals surface area contributed by atoms with Crippen molar-refractivity contribution in [1.82, 2.24) is 0 Å². The van der Waals surface area contributed by atoms with Crippen LogP contribution in [0.25, 0.3) is 0 Å². The van der Waals surface area contributed by atoms with E-state index in [1.807, 2.05) is 0 Å². The number of hydrogen-bond donors (Lipinski definition) is 1. The Hall–Kier alpha value is -2.74. The molecule has 0 atom stereocenters. The van der Waals surface area contributed by atoms with E-state index in [1.54, 1.807) is 6.92 Å². The van der Waals surface area contributed by atoms with Gasteiger partial charge < -0.3 is 14.8 Å². The first-order valence-electron chi connectivity index (χ1n) is 9.49. The van der Waals surface area contributed by atoms with E-state index in [0.29, 0.717) is 16.1 Å². The molecule has 3 rings (SSSR count). The van der Waals surface area contributed by atoms with E-state index >= 15 is 0 Å². The Labute approximate surface area is 172 Å². The lowest BCUT2D eigenvalue weighted by Gasteiger charge is -2.12. The van der Waals surface area contributed by atoms with Crippen molar-refractivity contribution < 1.29 is 28.2 Å². The molecule has 0 saturated heterocycles. The zero-order valence-electron chi connectivity index (χ0n) is 16.1. The lowest BCUT2D eigenvalue weighted by molar-refractivity contribution is -0.146. The van der Waals surface area contributed by atoms with Crippen molar-refractivity contribution in [2.45, 2.75) is 39.0 Å². The number of esters is 2. The number of amides is 1. The molecule has 0 aliphatic heterocycles. The van der Waals surface area contributed by atoms with Crippen molar-refractivity contribution in [2.75, 3.05) is 18.5 Å². The summed E-state index contributed by atoms with van der Waals surface area (Å²) >= 11 is 1.37. The minimum Gasteiger partial charge on any atom is -0.462 e. The normalized spacial score (nSPS) is 12.8. The summed E-state index contributed by atoms with van der Waals surface area (Å²) < 4.78 is 23.1. The highest BCUT2D eigenvalue weighted by Gasteiger charge is 2.27. The zero-order chi connectivity index (χ0) is 20.8. The Balaban J connectivity index is 1.61. The second-order valence-corrected chi connectivity index (χ2v) is 7.75. The summed E-state index contributed by atoms with van der Waals surface area (Å²) in [5.41, 5.74) is 1.95. The molecule has 0 saturated carbocycles. The van der Waals surface area contributed by atoms with E-state index in [2.05, 4.69) is 5.32 Å². The largest absolute Gasteiger partial charge is 0.462 e. The fraction of sp³-hybridized carbons (Fsp3) is 0.381. The third-order valence-electron chi connectivity index (χ3n) is 4.53. The molecular weight excluding hydrogens is 397 g/mol. The van der Waals surface area contributed by atoms with Gasteiger partial charge in [0.1, 0.15) is 10.8 Å². The average molecular weight is 419 g/mol. The Morgan fingerprint density at radius 1 is 1.10 bits per heavy atom. The Morgan fingerprint density at radius 2 is 1.83 bits per heavy atom. The van der Waals surface area contributed by atoms with Crippen LogP contribution in [0.1, 0.15) is 46.1 Å². The first kappa shape index (κ1) is 21.0. The van der Waals surface area contributed by atoms with Crippen LogP contribution in [-0.4, -0.2) is 31.1 Å². The number of hydrogen-bond acceptors (Lipinski definition) is 6. The molecule has 0 spiro atoms. The van der Waals surface area contributed by atoms with Crippen molar-refractivity contribution in [3.05, 3.63) is 51.7 Å². The number of benzene rings is 1.